The van der Waals surface area contributed by atoms with Crippen LogP contribution in [0.4, 0.5) is 0 Å². The van der Waals surface area contributed by atoms with Gasteiger partial charge in [-0.15, -0.1) is 22.7 Å². The molecule has 11 nitrogen and oxygen atoms in total. The van der Waals surface area contributed by atoms with Gasteiger partial charge in [0.25, 0.3) is 0 Å². The van der Waals surface area contributed by atoms with E-state index in [9.17, 15) is 9.59 Å². The third kappa shape index (κ3) is 21.1. The van der Waals surface area contributed by atoms with Crippen LogP contribution in [-0.4, -0.2) is 65.5 Å². The Kier molecular flexibility index (Phi) is 20.8. The van der Waals surface area contributed by atoms with Gasteiger partial charge in [0.2, 0.25) is 0 Å². The molecule has 342 valence electrons. The molecule has 6 rings (SSSR count). The zero-order valence-corrected chi connectivity index (χ0v) is 43.4. The topological polar surface area (TPSA) is 155 Å². The van der Waals surface area contributed by atoms with Crippen LogP contribution in [0.3, 0.4) is 0 Å². The van der Waals surface area contributed by atoms with Crippen molar-refractivity contribution < 1.29 is 9.59 Å². The lowest BCUT2D eigenvalue weighted by Crippen LogP contribution is -2.16. The molecule has 5 aromatic heterocycles. The Morgan fingerprint density at radius 1 is 0.629 bits per heavy atom. The highest BCUT2D eigenvalue weighted by Gasteiger charge is 2.21. The number of pyridine rings is 1. The second-order valence-corrected chi connectivity index (χ2v) is 23.1. The first-order valence-electron chi connectivity index (χ1n) is 21.1. The summed E-state index contributed by atoms with van der Waals surface area (Å²) in [7, 11) is 0. The van der Waals surface area contributed by atoms with Crippen molar-refractivity contribution in [2.45, 2.75) is 172 Å². The van der Waals surface area contributed by atoms with E-state index in [-0.39, 0.29) is 44.1 Å². The summed E-state index contributed by atoms with van der Waals surface area (Å²) in [6, 6.07) is 6.16. The molecular weight excluding hydrogens is 811 g/mol. The van der Waals surface area contributed by atoms with Crippen LogP contribution in [-0.2, 0) is 27.1 Å². The van der Waals surface area contributed by atoms with Gasteiger partial charge in [-0.05, 0) is 41.7 Å². The van der Waals surface area contributed by atoms with E-state index in [0.717, 1.165) is 28.1 Å². The number of ketones is 2. The maximum Gasteiger partial charge on any atom is 0.178 e. The molecule has 0 atom stereocenters. The Morgan fingerprint density at radius 3 is 1.35 bits per heavy atom. The lowest BCUT2D eigenvalue weighted by atomic mass is 9.90. The number of amidine groups is 1. The van der Waals surface area contributed by atoms with Gasteiger partial charge in [0.1, 0.15) is 17.2 Å². The molecule has 0 unspecified atom stereocenters. The van der Waals surface area contributed by atoms with Crippen molar-refractivity contribution in [3.8, 4) is 0 Å². The van der Waals surface area contributed by atoms with Gasteiger partial charge in [0.15, 0.2) is 11.6 Å². The van der Waals surface area contributed by atoms with E-state index in [0.29, 0.717) is 11.4 Å². The Balaban J connectivity index is 0.000000374. The van der Waals surface area contributed by atoms with Gasteiger partial charge in [-0.25, -0.2) is 15.0 Å². The lowest BCUT2D eigenvalue weighted by molar-refractivity contribution is 0.100. The molecule has 1 aliphatic rings. The fourth-order valence-corrected chi connectivity index (χ4v) is 6.46. The van der Waals surface area contributed by atoms with Gasteiger partial charge in [-0.3, -0.25) is 29.8 Å². The summed E-state index contributed by atoms with van der Waals surface area (Å²) in [5.41, 5.74) is 6.90. The number of rotatable bonds is 2. The fourth-order valence-electron chi connectivity index (χ4n) is 4.57. The average molecular weight is 888 g/mol. The second kappa shape index (κ2) is 23.3. The van der Waals surface area contributed by atoms with Crippen LogP contribution >= 0.6 is 22.7 Å². The molecule has 0 spiro atoms. The van der Waals surface area contributed by atoms with Crippen LogP contribution in [0.15, 0.2) is 63.7 Å². The highest BCUT2D eigenvalue weighted by molar-refractivity contribution is 7.10. The third-order valence-electron chi connectivity index (χ3n) is 8.58. The molecule has 1 aliphatic heterocycles. The van der Waals surface area contributed by atoms with E-state index in [1.165, 1.54) is 16.8 Å². The van der Waals surface area contributed by atoms with E-state index in [1.54, 1.807) is 42.7 Å². The smallest absolute Gasteiger partial charge is 0.178 e. The van der Waals surface area contributed by atoms with Crippen molar-refractivity contribution in [3.05, 3.63) is 97.7 Å². The van der Waals surface area contributed by atoms with Crippen molar-refractivity contribution >= 4 is 46.3 Å². The Labute approximate surface area is 381 Å². The summed E-state index contributed by atoms with van der Waals surface area (Å²) >= 11 is 3.11. The van der Waals surface area contributed by atoms with Gasteiger partial charge in [0, 0.05) is 87.9 Å². The van der Waals surface area contributed by atoms with Crippen molar-refractivity contribution in [2.75, 3.05) is 6.54 Å². The molecule has 62 heavy (non-hydrogen) atoms. The van der Waals surface area contributed by atoms with E-state index >= 15 is 0 Å². The molecular formula is C49H77N9O2S2. The maximum atomic E-state index is 10.9. The summed E-state index contributed by atoms with van der Waals surface area (Å²) in [6.07, 6.45) is 9.29. The molecule has 5 aromatic rings. The first kappa shape index (κ1) is 55.5. The normalized spacial score (nSPS) is 12.7. The lowest BCUT2D eigenvalue weighted by Gasteiger charge is -2.17. The zero-order valence-electron chi connectivity index (χ0n) is 41.7. The molecule has 0 bridgehead atoms. The summed E-state index contributed by atoms with van der Waals surface area (Å²) in [6.45, 7) is 44.3. The number of aromatic amines is 2. The SMILES string of the molecule is CC(=O)c1csc(C(C)(C)C)n1.CC(=O)c1csc(C(C)(C)C)n1.CC(C)(C)C1=NCC=N1.CC(C)(C)c1ccn[nH]1.CC(C)(C)c1cn[nH]c1.Cc1ccnc(C(C)(C)C)c1. The quantitative estimate of drug-likeness (QED) is 0.167. The molecule has 6 heterocycles. The number of aromatic nitrogens is 7. The highest BCUT2D eigenvalue weighted by Crippen LogP contribution is 2.27. The maximum absolute atomic E-state index is 10.9. The summed E-state index contributed by atoms with van der Waals surface area (Å²) in [5.74, 6) is 1.06. The monoisotopic (exact) mass is 888 g/mol. The van der Waals surface area contributed by atoms with Crippen LogP contribution in [0.2, 0.25) is 0 Å². The molecule has 2 N–H and O–H groups in total. The van der Waals surface area contributed by atoms with Crippen molar-refractivity contribution in [1.82, 2.24) is 35.3 Å². The Bertz CT molecular complexity index is 2030. The number of nitrogens with zero attached hydrogens (tertiary/aromatic N) is 7. The highest BCUT2D eigenvalue weighted by atomic mass is 32.1. The average Bonchev–Trinajstić information content (AvgIpc) is 3.96. The van der Waals surface area contributed by atoms with Crippen LogP contribution in [0, 0.1) is 12.3 Å². The van der Waals surface area contributed by atoms with Crippen molar-refractivity contribution in [1.29, 1.82) is 0 Å². The number of H-pyrrole nitrogens is 2. The van der Waals surface area contributed by atoms with Gasteiger partial charge in [-0.1, -0.05) is 125 Å². The largest absolute Gasteiger partial charge is 0.293 e. The summed E-state index contributed by atoms with van der Waals surface area (Å²) < 4.78 is 0. The number of aryl methyl sites for hydroxylation is 1. The molecule has 13 heteroatoms. The number of Topliss-reactive ketones (excluding diaryl/α,β-unsaturated/α-hetero) is 2. The van der Waals surface area contributed by atoms with E-state index in [4.69, 9.17) is 0 Å². The van der Waals surface area contributed by atoms with Crippen LogP contribution in [0.5, 0.6) is 0 Å². The number of nitrogens with one attached hydrogen (secondary N) is 2. The molecule has 0 radical (unpaired) electrons. The first-order chi connectivity index (χ1) is 28.1. The summed E-state index contributed by atoms with van der Waals surface area (Å²) in [4.78, 5) is 43.0. The first-order valence-corrected chi connectivity index (χ1v) is 22.8. The number of aliphatic imine (C=N–C) groups is 2. The van der Waals surface area contributed by atoms with Crippen LogP contribution in [0.1, 0.15) is 192 Å². The molecule has 0 saturated carbocycles. The second-order valence-electron chi connectivity index (χ2n) is 21.3. The number of thiazole rings is 2. The Morgan fingerprint density at radius 2 is 1.15 bits per heavy atom. The minimum atomic E-state index is 0.0433. The standard InChI is InChI=1S/C10H15N.2C9H13NOS.3C7H12N2/c1-8-5-6-11-9(7-8)10(2,3)4;2*1-6(11)7-5-12-8(10-7)9(2,3)4;1-7(2,3)6-4-8-9-5-6;1-7(2,3)6-8-4-5-9-6;1-7(2,3)6-4-5-8-9-6/h5-7H,1-4H3;2*5H,1-4H3;4-5H,1-3H3,(H,8,9);4H,5H2,1-3H3;4-5H,1-3H3,(H,8,9). The minimum Gasteiger partial charge on any atom is -0.293 e. The van der Waals surface area contributed by atoms with Crippen LogP contribution < -0.4 is 0 Å². The molecule has 0 amide bonds. The molecule has 0 aromatic carbocycles. The van der Waals surface area contributed by atoms with Gasteiger partial charge in [-0.2, -0.15) is 10.2 Å². The van der Waals surface area contributed by atoms with Gasteiger partial charge >= 0.3 is 0 Å². The van der Waals surface area contributed by atoms with Crippen molar-refractivity contribution in [2.24, 2.45) is 15.4 Å². The van der Waals surface area contributed by atoms with Gasteiger partial charge < -0.3 is 0 Å². The number of hydrogen-bond donors (Lipinski definition) is 2. The predicted molar refractivity (Wildman–Crippen MR) is 264 cm³/mol. The molecule has 0 saturated heterocycles. The predicted octanol–water partition coefficient (Wildman–Crippen LogP) is 12.9. The number of hydrogen-bond acceptors (Lipinski definition) is 11. The van der Waals surface area contributed by atoms with E-state index in [1.807, 2.05) is 47.7 Å². The number of carbonyl (C=O) groups is 2. The fraction of sp³-hybridized carbons (Fsp3) is 0.571. The molecule has 0 fully saturated rings. The Hall–Kier alpha value is -4.49. The van der Waals surface area contributed by atoms with Gasteiger partial charge in [0.05, 0.1) is 22.8 Å². The van der Waals surface area contributed by atoms with Crippen molar-refractivity contribution in [3.63, 3.8) is 0 Å². The van der Waals surface area contributed by atoms with Crippen LogP contribution in [0.25, 0.3) is 0 Å². The zero-order chi connectivity index (χ0) is 47.9. The third-order valence-corrected chi connectivity index (χ3v) is 11.1. The summed E-state index contributed by atoms with van der Waals surface area (Å²) in [5, 5.41) is 19.1. The molecule has 0 aliphatic carbocycles. The van der Waals surface area contributed by atoms with E-state index < -0.39 is 0 Å². The van der Waals surface area contributed by atoms with E-state index in [2.05, 4.69) is 183 Å². The number of carbonyl (C=O) groups excluding carboxylic acids is 2. The minimum absolute atomic E-state index is 0.0433.